The standard InChI is InChI=1S/C10H14N2.2C8H6O4.Cu/c1-12-7-3-5-10(12)9-4-2-6-11-8-9;2*9-7(10)5-3-1-2-4-6(5)8(11)12;/h2,4,6,8,10H,3,5,7H2,1H3;2*1-4H,(H,9,10)(H,11,12);/q;;;+2/p-4. The molecule has 10 nitrogen and oxygen atoms in total. The van der Waals surface area contributed by atoms with Gasteiger partial charge in [0.05, 0.1) is 23.9 Å². The van der Waals surface area contributed by atoms with Crippen LogP contribution in [0.25, 0.3) is 0 Å². The van der Waals surface area contributed by atoms with Gasteiger partial charge in [0.2, 0.25) is 0 Å². The minimum atomic E-state index is -1.52. The number of nitrogens with zero attached hydrogens (tertiary/aromatic N) is 2. The van der Waals surface area contributed by atoms with E-state index in [0.717, 1.165) is 24.3 Å². The van der Waals surface area contributed by atoms with Crippen molar-refractivity contribution in [2.24, 2.45) is 0 Å². The third-order valence-electron chi connectivity index (χ3n) is 5.32. The average molecular weight is 554 g/mol. The molecule has 1 aliphatic heterocycles. The molecule has 2 heterocycles. The number of hydrogen-bond acceptors (Lipinski definition) is 10. The van der Waals surface area contributed by atoms with E-state index in [4.69, 9.17) is 0 Å². The van der Waals surface area contributed by atoms with Gasteiger partial charge in [-0.25, -0.2) is 0 Å². The summed E-state index contributed by atoms with van der Waals surface area (Å²) in [6.45, 7) is 1.22. The van der Waals surface area contributed by atoms with Gasteiger partial charge in [0.1, 0.15) is 0 Å². The first kappa shape index (κ1) is 31.0. The summed E-state index contributed by atoms with van der Waals surface area (Å²) >= 11 is 0. The van der Waals surface area contributed by atoms with Crippen LogP contribution >= 0.6 is 0 Å². The Morgan fingerprint density at radius 3 is 1.41 bits per heavy atom. The molecule has 0 amide bonds. The molecule has 0 N–H and O–H groups in total. The smallest absolute Gasteiger partial charge is 0.545 e. The average Bonchev–Trinajstić information content (AvgIpc) is 3.31. The zero-order chi connectivity index (χ0) is 26.7. The molecule has 0 spiro atoms. The molecule has 1 radical (unpaired) electrons. The van der Waals surface area contributed by atoms with Crippen LogP contribution in [0.1, 0.15) is 65.9 Å². The van der Waals surface area contributed by atoms with Gasteiger partial charge in [-0.2, -0.15) is 0 Å². The summed E-state index contributed by atoms with van der Waals surface area (Å²) < 4.78 is 0. The second-order valence-electron chi connectivity index (χ2n) is 7.67. The quantitative estimate of drug-likeness (QED) is 0.344. The zero-order valence-electron chi connectivity index (χ0n) is 19.6. The summed E-state index contributed by atoms with van der Waals surface area (Å²) in [7, 11) is 2.19. The number of carbonyl (C=O) groups excluding carboxylic acids is 4. The van der Waals surface area contributed by atoms with Gasteiger partial charge in [-0.15, -0.1) is 0 Å². The van der Waals surface area contributed by atoms with Crippen molar-refractivity contribution in [3.63, 3.8) is 0 Å². The number of carboxylic acid groups (broad SMARTS) is 4. The first-order valence-electron chi connectivity index (χ1n) is 10.8. The van der Waals surface area contributed by atoms with E-state index in [1.54, 1.807) is 0 Å². The van der Waals surface area contributed by atoms with Gasteiger partial charge in [-0.05, 0) is 38.1 Å². The van der Waals surface area contributed by atoms with Crippen LogP contribution in [0.15, 0.2) is 73.1 Å². The van der Waals surface area contributed by atoms with E-state index in [0.29, 0.717) is 6.04 Å². The summed E-state index contributed by atoms with van der Waals surface area (Å²) in [4.78, 5) is 47.8. The molecule has 3 aromatic rings. The van der Waals surface area contributed by atoms with Crippen molar-refractivity contribution < 1.29 is 56.7 Å². The first-order valence-corrected chi connectivity index (χ1v) is 10.8. The van der Waals surface area contributed by atoms with Crippen molar-refractivity contribution in [3.05, 3.63) is 101 Å². The summed E-state index contributed by atoms with van der Waals surface area (Å²) in [5, 5.41) is 41.3. The fraction of sp³-hybridized carbons (Fsp3) is 0.192. The Hall–Kier alpha value is -4.05. The van der Waals surface area contributed by atoms with Gasteiger partial charge in [0, 0.05) is 40.7 Å². The first-order chi connectivity index (χ1) is 17.1. The Kier molecular flexibility index (Phi) is 12.7. The normalized spacial score (nSPS) is 14.0. The molecule has 1 atom stereocenters. The van der Waals surface area contributed by atoms with Crippen molar-refractivity contribution in [1.29, 1.82) is 0 Å². The summed E-state index contributed by atoms with van der Waals surface area (Å²) in [6.07, 6.45) is 6.41. The number of rotatable bonds is 5. The molecule has 1 unspecified atom stereocenters. The van der Waals surface area contributed by atoms with E-state index >= 15 is 0 Å². The number of aromatic nitrogens is 1. The van der Waals surface area contributed by atoms with Gasteiger partial charge < -0.3 is 39.6 Å². The Labute approximate surface area is 223 Å². The van der Waals surface area contributed by atoms with Crippen LogP contribution in [-0.2, 0) is 17.1 Å². The molecule has 1 fully saturated rings. The predicted molar refractivity (Wildman–Crippen MR) is 119 cm³/mol. The van der Waals surface area contributed by atoms with Crippen molar-refractivity contribution in [3.8, 4) is 0 Å². The van der Waals surface area contributed by atoms with Crippen molar-refractivity contribution in [1.82, 2.24) is 9.88 Å². The topological polar surface area (TPSA) is 177 Å². The van der Waals surface area contributed by atoms with E-state index in [-0.39, 0.29) is 39.3 Å². The number of aromatic carboxylic acids is 4. The van der Waals surface area contributed by atoms with E-state index in [9.17, 15) is 39.6 Å². The largest absolute Gasteiger partial charge is 2.00 e. The number of carbonyl (C=O) groups is 4. The maximum atomic E-state index is 10.3. The van der Waals surface area contributed by atoms with E-state index in [2.05, 4.69) is 23.0 Å². The molecule has 1 saturated heterocycles. The summed E-state index contributed by atoms with van der Waals surface area (Å²) in [5.41, 5.74) is -0.0949. The van der Waals surface area contributed by atoms with Crippen molar-refractivity contribution >= 4 is 23.9 Å². The Balaban J connectivity index is 0.000000274. The van der Waals surface area contributed by atoms with Crippen LogP contribution in [0, 0.1) is 0 Å². The number of pyridine rings is 1. The van der Waals surface area contributed by atoms with Crippen molar-refractivity contribution in [2.75, 3.05) is 13.6 Å². The van der Waals surface area contributed by atoms with E-state index in [1.807, 2.05) is 18.5 Å². The fourth-order valence-electron chi connectivity index (χ4n) is 3.58. The number of likely N-dealkylation sites (tertiary alicyclic amines) is 1. The molecule has 2 aromatic carbocycles. The molecule has 1 aromatic heterocycles. The molecule has 1 aliphatic rings. The Morgan fingerprint density at radius 2 is 1.14 bits per heavy atom. The molecule has 4 rings (SSSR count). The number of carboxylic acids is 4. The molecule has 0 aliphatic carbocycles. The monoisotopic (exact) mass is 553 g/mol. The zero-order valence-corrected chi connectivity index (χ0v) is 20.5. The Bertz CT molecular complexity index is 1090. The number of benzene rings is 2. The minimum Gasteiger partial charge on any atom is -0.545 e. The molecular formula is C26H22CuN2O8-2. The minimum absolute atomic E-state index is 0. The summed E-state index contributed by atoms with van der Waals surface area (Å²) in [6, 6.07) is 15.1. The molecule has 37 heavy (non-hydrogen) atoms. The molecule has 0 bridgehead atoms. The summed E-state index contributed by atoms with van der Waals surface area (Å²) in [5.74, 6) is -6.07. The van der Waals surface area contributed by atoms with Gasteiger partial charge in [0.25, 0.3) is 0 Å². The van der Waals surface area contributed by atoms with Gasteiger partial charge in [0.15, 0.2) is 0 Å². The molecule has 0 saturated carbocycles. The van der Waals surface area contributed by atoms with Crippen LogP contribution in [0.4, 0.5) is 0 Å². The van der Waals surface area contributed by atoms with Crippen LogP contribution in [0.3, 0.4) is 0 Å². The molecule has 197 valence electrons. The molecule has 11 heteroatoms. The maximum Gasteiger partial charge on any atom is 2.00 e. The predicted octanol–water partition coefficient (Wildman–Crippen LogP) is -1.33. The third kappa shape index (κ3) is 9.15. The van der Waals surface area contributed by atoms with Crippen LogP contribution in [-0.4, -0.2) is 47.4 Å². The maximum absolute atomic E-state index is 10.3. The van der Waals surface area contributed by atoms with Gasteiger partial charge in [-0.1, -0.05) is 54.6 Å². The van der Waals surface area contributed by atoms with Crippen LogP contribution in [0.5, 0.6) is 0 Å². The number of hydrogen-bond donors (Lipinski definition) is 0. The van der Waals surface area contributed by atoms with Crippen molar-refractivity contribution in [2.45, 2.75) is 18.9 Å². The Morgan fingerprint density at radius 1 is 0.730 bits per heavy atom. The fourth-order valence-corrected chi connectivity index (χ4v) is 3.58. The van der Waals surface area contributed by atoms with E-state index < -0.39 is 23.9 Å². The third-order valence-corrected chi connectivity index (χ3v) is 5.32. The molecular weight excluding hydrogens is 532 g/mol. The second-order valence-corrected chi connectivity index (χ2v) is 7.67. The van der Waals surface area contributed by atoms with Gasteiger partial charge in [-0.3, -0.25) is 9.88 Å². The van der Waals surface area contributed by atoms with Gasteiger partial charge >= 0.3 is 17.1 Å². The SMILES string of the molecule is CN1CCCC1c1cccnc1.O=C([O-])c1ccccc1C(=O)[O-].O=C([O-])c1ccccc1C(=O)[O-].[Cu+2]. The second kappa shape index (κ2) is 15.1. The van der Waals surface area contributed by atoms with Crippen LogP contribution < -0.4 is 20.4 Å². The van der Waals surface area contributed by atoms with E-state index in [1.165, 1.54) is 49.2 Å². The van der Waals surface area contributed by atoms with Crippen LogP contribution in [0.2, 0.25) is 0 Å².